The summed E-state index contributed by atoms with van der Waals surface area (Å²) in [5.74, 6) is 0.753. The van der Waals surface area contributed by atoms with Gasteiger partial charge in [0.05, 0.1) is 0 Å². The van der Waals surface area contributed by atoms with Crippen LogP contribution >= 0.6 is 0 Å². The quantitative estimate of drug-likeness (QED) is 0.735. The van der Waals surface area contributed by atoms with Crippen LogP contribution in [0.5, 0.6) is 0 Å². The summed E-state index contributed by atoms with van der Waals surface area (Å²) in [7, 11) is 1.96. The van der Waals surface area contributed by atoms with Crippen LogP contribution in [0.3, 0.4) is 0 Å². The molecule has 0 N–H and O–H groups in total. The Balaban J connectivity index is 2.56. The third-order valence-corrected chi connectivity index (χ3v) is 2.58. The van der Waals surface area contributed by atoms with Gasteiger partial charge in [0.2, 0.25) is 0 Å². The molecule has 4 nitrogen and oxygen atoms in total. The van der Waals surface area contributed by atoms with Crippen LogP contribution in [0.2, 0.25) is 0 Å². The molecule has 4 heteroatoms. The number of pyridine rings is 1. The normalized spacial score (nSPS) is 10.6. The molecule has 0 aliphatic rings. The van der Waals surface area contributed by atoms with E-state index in [-0.39, 0.29) is 0 Å². The molecule has 84 valence electrons. The van der Waals surface area contributed by atoms with Gasteiger partial charge < -0.3 is 4.90 Å². The van der Waals surface area contributed by atoms with Crippen LogP contribution in [0.4, 0.5) is 5.82 Å². The Kier molecular flexibility index (Phi) is 2.90. The number of anilines is 1. The van der Waals surface area contributed by atoms with Gasteiger partial charge in [0.15, 0.2) is 12.1 Å². The fraction of sp³-hybridized carbons (Fsp3) is 0.333. The molecule has 0 aromatic carbocycles. The monoisotopic (exact) mass is 217 g/mol. The average Bonchev–Trinajstić information content (AvgIpc) is 2.67. The second kappa shape index (κ2) is 4.35. The highest BCUT2D eigenvalue weighted by atomic mass is 16.1. The molecule has 2 heterocycles. The van der Waals surface area contributed by atoms with E-state index in [0.717, 1.165) is 30.7 Å². The highest BCUT2D eigenvalue weighted by Crippen LogP contribution is 2.19. The van der Waals surface area contributed by atoms with Crippen molar-refractivity contribution < 1.29 is 4.79 Å². The fourth-order valence-electron chi connectivity index (χ4n) is 1.83. The first-order valence-corrected chi connectivity index (χ1v) is 5.41. The molecule has 0 aliphatic heterocycles. The Morgan fingerprint density at radius 2 is 2.31 bits per heavy atom. The first-order valence-electron chi connectivity index (χ1n) is 5.41. The van der Waals surface area contributed by atoms with E-state index in [4.69, 9.17) is 0 Å². The summed E-state index contributed by atoms with van der Waals surface area (Å²) in [4.78, 5) is 17.6. The van der Waals surface area contributed by atoms with Crippen molar-refractivity contribution in [1.82, 2.24) is 9.38 Å². The van der Waals surface area contributed by atoms with E-state index in [1.54, 1.807) is 0 Å². The molecule has 2 aromatic heterocycles. The van der Waals surface area contributed by atoms with Gasteiger partial charge in [0.1, 0.15) is 11.3 Å². The van der Waals surface area contributed by atoms with Crippen LogP contribution in [0, 0.1) is 0 Å². The lowest BCUT2D eigenvalue weighted by atomic mass is 10.4. The van der Waals surface area contributed by atoms with Gasteiger partial charge in [0.25, 0.3) is 0 Å². The second-order valence-electron chi connectivity index (χ2n) is 3.79. The highest BCUT2D eigenvalue weighted by molar-refractivity contribution is 5.83. The van der Waals surface area contributed by atoms with Crippen LogP contribution in [0.15, 0.2) is 24.4 Å². The number of carbonyl (C=O) groups is 1. The predicted molar refractivity (Wildman–Crippen MR) is 64.1 cm³/mol. The number of carbonyl (C=O) groups excluding carboxylic acids is 1. The van der Waals surface area contributed by atoms with E-state index >= 15 is 0 Å². The lowest BCUT2D eigenvalue weighted by Gasteiger charge is -2.15. The van der Waals surface area contributed by atoms with Crippen molar-refractivity contribution in [2.45, 2.75) is 13.3 Å². The Bertz CT molecular complexity index is 504. The van der Waals surface area contributed by atoms with Crippen LogP contribution in [-0.2, 0) is 0 Å². The maximum absolute atomic E-state index is 11.1. The van der Waals surface area contributed by atoms with Crippen molar-refractivity contribution >= 4 is 17.8 Å². The smallest absolute Gasteiger partial charge is 0.170 e. The van der Waals surface area contributed by atoms with Crippen molar-refractivity contribution in [2.24, 2.45) is 0 Å². The molecule has 0 amide bonds. The topological polar surface area (TPSA) is 37.6 Å². The van der Waals surface area contributed by atoms with Crippen LogP contribution in [0.1, 0.15) is 23.8 Å². The van der Waals surface area contributed by atoms with E-state index in [2.05, 4.69) is 11.9 Å². The maximum atomic E-state index is 11.1. The molecule has 0 unspecified atom stereocenters. The Labute approximate surface area is 94.5 Å². The molecule has 0 spiro atoms. The summed E-state index contributed by atoms with van der Waals surface area (Å²) in [6.07, 6.45) is 3.75. The number of rotatable bonds is 4. The van der Waals surface area contributed by atoms with Gasteiger partial charge in [-0.2, -0.15) is 0 Å². The Morgan fingerprint density at radius 1 is 1.50 bits per heavy atom. The summed E-state index contributed by atoms with van der Waals surface area (Å²) in [6, 6.07) is 5.71. The molecule has 2 aromatic rings. The van der Waals surface area contributed by atoms with Gasteiger partial charge in [-0.05, 0) is 18.6 Å². The molecule has 0 radical (unpaired) electrons. The molecule has 2 rings (SSSR count). The van der Waals surface area contributed by atoms with Gasteiger partial charge in [0, 0.05) is 19.8 Å². The van der Waals surface area contributed by atoms with Crippen LogP contribution < -0.4 is 4.90 Å². The molecule has 0 aliphatic carbocycles. The van der Waals surface area contributed by atoms with Crippen molar-refractivity contribution in [2.75, 3.05) is 18.5 Å². The number of hydrogen-bond acceptors (Lipinski definition) is 3. The fourth-order valence-corrected chi connectivity index (χ4v) is 1.83. The summed E-state index contributed by atoms with van der Waals surface area (Å²) < 4.78 is 1.81. The third-order valence-electron chi connectivity index (χ3n) is 2.58. The number of aromatic nitrogens is 2. The molecular formula is C12H15N3O. The maximum Gasteiger partial charge on any atom is 0.170 e. The zero-order valence-corrected chi connectivity index (χ0v) is 9.55. The minimum absolute atomic E-state index is 0.617. The molecule has 0 saturated heterocycles. The standard InChI is InChI=1S/C12H15N3O/c1-3-7-14(2)12-10(9-16)15-8-5-4-6-11(15)13-12/h4-6,8-9H,3,7H2,1-2H3. The third kappa shape index (κ3) is 1.66. The molecule has 0 saturated carbocycles. The molecule has 0 atom stereocenters. The number of nitrogens with zero attached hydrogens (tertiary/aromatic N) is 3. The van der Waals surface area contributed by atoms with E-state index in [9.17, 15) is 4.79 Å². The van der Waals surface area contributed by atoms with E-state index in [0.29, 0.717) is 5.69 Å². The minimum atomic E-state index is 0.617. The van der Waals surface area contributed by atoms with Crippen molar-refractivity contribution in [1.29, 1.82) is 0 Å². The molecule has 0 fully saturated rings. The molecule has 16 heavy (non-hydrogen) atoms. The zero-order valence-electron chi connectivity index (χ0n) is 9.55. The zero-order chi connectivity index (χ0) is 11.5. The summed E-state index contributed by atoms with van der Waals surface area (Å²) >= 11 is 0. The van der Waals surface area contributed by atoms with Crippen LogP contribution in [-0.4, -0.2) is 29.3 Å². The number of aldehydes is 1. The summed E-state index contributed by atoms with van der Waals surface area (Å²) in [6.45, 7) is 3.00. The first kappa shape index (κ1) is 10.7. The van der Waals surface area contributed by atoms with Gasteiger partial charge >= 0.3 is 0 Å². The molecule has 0 bridgehead atoms. The SMILES string of the molecule is CCCN(C)c1nc2ccccn2c1C=O. The number of imidazole rings is 1. The van der Waals surface area contributed by atoms with Crippen molar-refractivity contribution in [3.8, 4) is 0 Å². The van der Waals surface area contributed by atoms with Gasteiger partial charge in [-0.3, -0.25) is 9.20 Å². The summed E-state index contributed by atoms with van der Waals surface area (Å²) in [5, 5.41) is 0. The van der Waals surface area contributed by atoms with Gasteiger partial charge in [-0.25, -0.2) is 4.98 Å². The lowest BCUT2D eigenvalue weighted by molar-refractivity contribution is 0.111. The van der Waals surface area contributed by atoms with Crippen molar-refractivity contribution in [3.63, 3.8) is 0 Å². The predicted octanol–water partition coefficient (Wildman–Crippen LogP) is 1.99. The molecular weight excluding hydrogens is 202 g/mol. The second-order valence-corrected chi connectivity index (χ2v) is 3.79. The summed E-state index contributed by atoms with van der Waals surface area (Å²) in [5.41, 5.74) is 1.43. The van der Waals surface area contributed by atoms with Gasteiger partial charge in [-0.15, -0.1) is 0 Å². The van der Waals surface area contributed by atoms with E-state index in [1.165, 1.54) is 0 Å². The van der Waals surface area contributed by atoms with E-state index in [1.807, 2.05) is 40.7 Å². The number of hydrogen-bond donors (Lipinski definition) is 0. The van der Waals surface area contributed by atoms with Crippen LogP contribution in [0.25, 0.3) is 5.65 Å². The Hall–Kier alpha value is -1.84. The lowest BCUT2D eigenvalue weighted by Crippen LogP contribution is -2.19. The van der Waals surface area contributed by atoms with E-state index < -0.39 is 0 Å². The highest BCUT2D eigenvalue weighted by Gasteiger charge is 2.13. The average molecular weight is 217 g/mol. The van der Waals surface area contributed by atoms with Crippen molar-refractivity contribution in [3.05, 3.63) is 30.1 Å². The largest absolute Gasteiger partial charge is 0.358 e. The van der Waals surface area contributed by atoms with Gasteiger partial charge in [-0.1, -0.05) is 13.0 Å². The number of fused-ring (bicyclic) bond motifs is 1. The first-order chi connectivity index (χ1) is 7.77. The minimum Gasteiger partial charge on any atom is -0.358 e. The Morgan fingerprint density at radius 3 is 3.00 bits per heavy atom.